The minimum atomic E-state index is -0.578. The number of hydrogen-bond acceptors (Lipinski definition) is 4. The minimum Gasteiger partial charge on any atom is -0.444 e. The molecule has 1 aliphatic rings. The number of halogens is 1. The molecule has 22 heavy (non-hydrogen) atoms. The molecule has 2 N–H and O–H groups in total. The van der Waals surface area contributed by atoms with Crippen LogP contribution in [0.3, 0.4) is 0 Å². The van der Waals surface area contributed by atoms with Crippen molar-refractivity contribution in [3.05, 3.63) is 24.0 Å². The van der Waals surface area contributed by atoms with Gasteiger partial charge in [0.15, 0.2) is 0 Å². The van der Waals surface area contributed by atoms with Gasteiger partial charge in [0.05, 0.1) is 11.8 Å². The van der Waals surface area contributed by atoms with Crippen LogP contribution in [-0.4, -0.2) is 30.9 Å². The maximum atomic E-state index is 13.8. The third-order valence-electron chi connectivity index (χ3n) is 3.16. The molecule has 1 heterocycles. The van der Waals surface area contributed by atoms with Crippen LogP contribution in [0.5, 0.6) is 0 Å². The van der Waals surface area contributed by atoms with Crippen molar-refractivity contribution in [1.29, 1.82) is 0 Å². The first-order valence-corrected chi connectivity index (χ1v) is 7.48. The summed E-state index contributed by atoms with van der Waals surface area (Å²) in [5.74, 6) is -0.368. The molecule has 6 heteroatoms. The zero-order valence-corrected chi connectivity index (χ0v) is 13.2. The van der Waals surface area contributed by atoms with Crippen molar-refractivity contribution in [3.8, 4) is 0 Å². The third kappa shape index (κ3) is 5.18. The van der Waals surface area contributed by atoms with Crippen molar-refractivity contribution in [1.82, 2.24) is 0 Å². The van der Waals surface area contributed by atoms with Gasteiger partial charge in [-0.3, -0.25) is 5.32 Å². The predicted octanol–water partition coefficient (Wildman–Crippen LogP) is 3.76. The lowest BCUT2D eigenvalue weighted by Gasteiger charge is -2.20. The summed E-state index contributed by atoms with van der Waals surface area (Å²) >= 11 is 0. The summed E-state index contributed by atoms with van der Waals surface area (Å²) < 4.78 is 24.5. The van der Waals surface area contributed by atoms with E-state index < -0.39 is 11.7 Å². The minimum absolute atomic E-state index is 0.113. The van der Waals surface area contributed by atoms with Crippen LogP contribution in [0.15, 0.2) is 18.2 Å². The van der Waals surface area contributed by atoms with Gasteiger partial charge in [-0.2, -0.15) is 0 Å². The van der Waals surface area contributed by atoms with Crippen LogP contribution in [0.2, 0.25) is 0 Å². The van der Waals surface area contributed by atoms with Gasteiger partial charge in [0, 0.05) is 18.8 Å². The molecule has 1 unspecified atom stereocenters. The molecule has 0 saturated carbocycles. The first kappa shape index (κ1) is 16.5. The summed E-state index contributed by atoms with van der Waals surface area (Å²) in [6.07, 6.45) is 1.56. The lowest BCUT2D eigenvalue weighted by molar-refractivity contribution is 0.0636. The average molecular weight is 310 g/mol. The highest BCUT2D eigenvalue weighted by molar-refractivity contribution is 5.85. The smallest absolute Gasteiger partial charge is 0.412 e. The van der Waals surface area contributed by atoms with E-state index in [1.165, 1.54) is 12.1 Å². The van der Waals surface area contributed by atoms with Crippen LogP contribution in [0.25, 0.3) is 0 Å². The van der Waals surface area contributed by atoms with E-state index in [1.807, 2.05) is 0 Å². The largest absolute Gasteiger partial charge is 0.444 e. The van der Waals surface area contributed by atoms with Gasteiger partial charge in [-0.1, -0.05) is 0 Å². The van der Waals surface area contributed by atoms with Gasteiger partial charge in [0.2, 0.25) is 0 Å². The van der Waals surface area contributed by atoms with Crippen molar-refractivity contribution < 1.29 is 18.7 Å². The Morgan fingerprint density at radius 1 is 1.45 bits per heavy atom. The van der Waals surface area contributed by atoms with Crippen molar-refractivity contribution >= 4 is 17.5 Å². The number of carbonyl (C=O) groups excluding carboxylic acids is 1. The van der Waals surface area contributed by atoms with E-state index >= 15 is 0 Å². The fourth-order valence-electron chi connectivity index (χ4n) is 2.19. The Kier molecular flexibility index (Phi) is 5.24. The van der Waals surface area contributed by atoms with E-state index in [2.05, 4.69) is 10.6 Å². The fraction of sp³-hybridized carbons (Fsp3) is 0.562. The standard InChI is InChI=1S/C16H23FN2O3/c1-16(2,3)22-15(20)19-11-6-7-13(17)14(9-11)18-10-12-5-4-8-21-12/h6-7,9,12,18H,4-5,8,10H2,1-3H3,(H,19,20). The number of amides is 1. The highest BCUT2D eigenvalue weighted by Gasteiger charge is 2.18. The van der Waals surface area contributed by atoms with Crippen LogP contribution >= 0.6 is 0 Å². The summed E-state index contributed by atoms with van der Waals surface area (Å²) in [7, 11) is 0. The van der Waals surface area contributed by atoms with Gasteiger partial charge in [0.25, 0.3) is 0 Å². The second-order valence-electron chi connectivity index (χ2n) is 6.34. The molecule has 0 spiro atoms. The second-order valence-corrected chi connectivity index (χ2v) is 6.34. The van der Waals surface area contributed by atoms with Gasteiger partial charge in [-0.15, -0.1) is 0 Å². The molecule has 1 saturated heterocycles. The maximum Gasteiger partial charge on any atom is 0.412 e. The monoisotopic (exact) mass is 310 g/mol. The zero-order chi connectivity index (χ0) is 16.2. The van der Waals surface area contributed by atoms with E-state index in [0.717, 1.165) is 19.4 Å². The molecule has 1 atom stereocenters. The van der Waals surface area contributed by atoms with Crippen LogP contribution < -0.4 is 10.6 Å². The number of hydrogen-bond donors (Lipinski definition) is 2. The Bertz CT molecular complexity index is 523. The number of nitrogens with one attached hydrogen (secondary N) is 2. The van der Waals surface area contributed by atoms with Crippen LogP contribution in [-0.2, 0) is 9.47 Å². The molecule has 1 amide bonds. The van der Waals surface area contributed by atoms with E-state index in [9.17, 15) is 9.18 Å². The molecule has 0 aromatic heterocycles. The molecule has 1 aromatic carbocycles. The van der Waals surface area contributed by atoms with Gasteiger partial charge in [-0.25, -0.2) is 9.18 Å². The van der Waals surface area contributed by atoms with Gasteiger partial charge in [-0.05, 0) is 51.8 Å². The molecular formula is C16H23FN2O3. The summed E-state index contributed by atoms with van der Waals surface area (Å²) in [4.78, 5) is 11.7. The Morgan fingerprint density at radius 2 is 2.23 bits per heavy atom. The molecule has 122 valence electrons. The third-order valence-corrected chi connectivity index (χ3v) is 3.16. The van der Waals surface area contributed by atoms with E-state index in [4.69, 9.17) is 9.47 Å². The lowest BCUT2D eigenvalue weighted by atomic mass is 10.2. The van der Waals surface area contributed by atoms with Crippen molar-refractivity contribution in [2.24, 2.45) is 0 Å². The fourth-order valence-corrected chi connectivity index (χ4v) is 2.19. The van der Waals surface area contributed by atoms with Crippen LogP contribution in [0, 0.1) is 5.82 Å². The second kappa shape index (κ2) is 6.96. The Balaban J connectivity index is 1.95. The zero-order valence-electron chi connectivity index (χ0n) is 13.2. The van der Waals surface area contributed by atoms with Crippen molar-refractivity contribution in [3.63, 3.8) is 0 Å². The summed E-state index contributed by atoms with van der Waals surface area (Å²) in [5, 5.41) is 5.62. The Hall–Kier alpha value is -1.82. The normalized spacial score (nSPS) is 18.1. The molecular weight excluding hydrogens is 287 g/mol. The Morgan fingerprint density at radius 3 is 2.86 bits per heavy atom. The van der Waals surface area contributed by atoms with E-state index in [-0.39, 0.29) is 11.9 Å². The summed E-state index contributed by atoms with van der Waals surface area (Å²) in [6, 6.07) is 4.36. The van der Waals surface area contributed by atoms with E-state index in [0.29, 0.717) is 17.9 Å². The lowest BCUT2D eigenvalue weighted by Crippen LogP contribution is -2.27. The van der Waals surface area contributed by atoms with Gasteiger partial charge in [0.1, 0.15) is 11.4 Å². The number of carbonyl (C=O) groups is 1. The number of ether oxygens (including phenoxy) is 2. The average Bonchev–Trinajstić information content (AvgIpc) is 2.90. The highest BCUT2D eigenvalue weighted by atomic mass is 19.1. The van der Waals surface area contributed by atoms with Crippen molar-refractivity contribution in [2.45, 2.75) is 45.3 Å². The Labute approximate surface area is 130 Å². The molecule has 0 bridgehead atoms. The molecule has 1 aliphatic heterocycles. The molecule has 1 aromatic rings. The van der Waals surface area contributed by atoms with Crippen molar-refractivity contribution in [2.75, 3.05) is 23.8 Å². The topological polar surface area (TPSA) is 59.6 Å². The first-order chi connectivity index (χ1) is 10.3. The number of rotatable bonds is 4. The van der Waals surface area contributed by atoms with Gasteiger partial charge >= 0.3 is 6.09 Å². The van der Waals surface area contributed by atoms with E-state index in [1.54, 1.807) is 26.8 Å². The molecule has 1 fully saturated rings. The van der Waals surface area contributed by atoms with Crippen LogP contribution in [0.4, 0.5) is 20.6 Å². The SMILES string of the molecule is CC(C)(C)OC(=O)Nc1ccc(F)c(NCC2CCCO2)c1. The first-order valence-electron chi connectivity index (χ1n) is 7.48. The number of anilines is 2. The highest BCUT2D eigenvalue weighted by Crippen LogP contribution is 2.21. The van der Waals surface area contributed by atoms with Crippen LogP contribution in [0.1, 0.15) is 33.6 Å². The summed E-state index contributed by atoms with van der Waals surface area (Å²) in [6.45, 7) is 6.66. The molecule has 2 rings (SSSR count). The molecule has 5 nitrogen and oxygen atoms in total. The molecule has 0 radical (unpaired) electrons. The summed E-state index contributed by atoms with van der Waals surface area (Å²) in [5.41, 5.74) is 0.236. The molecule has 0 aliphatic carbocycles. The number of benzene rings is 1. The quantitative estimate of drug-likeness (QED) is 0.889. The maximum absolute atomic E-state index is 13.8. The predicted molar refractivity (Wildman–Crippen MR) is 83.7 cm³/mol. The van der Waals surface area contributed by atoms with Gasteiger partial charge < -0.3 is 14.8 Å².